The maximum atomic E-state index is 14.0. The number of primary amides is 1. The van der Waals surface area contributed by atoms with Gasteiger partial charge in [-0.3, -0.25) is 14.6 Å². The van der Waals surface area contributed by atoms with Crippen molar-refractivity contribution < 1.29 is 14.3 Å². The van der Waals surface area contributed by atoms with E-state index in [4.69, 9.17) is 22.1 Å². The first-order valence-corrected chi connectivity index (χ1v) is 15.1. The summed E-state index contributed by atoms with van der Waals surface area (Å²) < 4.78 is 7.08. The Bertz CT molecular complexity index is 1630. The molecule has 1 atom stereocenters. The molecule has 4 heterocycles. The topological polar surface area (TPSA) is 132 Å². The molecular formula is C32H35ClN8O3. The Balaban J connectivity index is 1.21. The van der Waals surface area contributed by atoms with Crippen LogP contribution >= 0.6 is 11.6 Å². The molecule has 2 aromatic heterocycles. The van der Waals surface area contributed by atoms with E-state index in [1.165, 1.54) is 11.0 Å². The van der Waals surface area contributed by atoms with Crippen LogP contribution in [0.1, 0.15) is 47.3 Å². The van der Waals surface area contributed by atoms with Gasteiger partial charge in [0.25, 0.3) is 5.91 Å². The Morgan fingerprint density at radius 2 is 1.86 bits per heavy atom. The van der Waals surface area contributed by atoms with Crippen LogP contribution in [-0.4, -0.2) is 86.6 Å². The number of tetrazole rings is 1. The molecule has 2 aliphatic heterocycles. The number of amides is 2. The van der Waals surface area contributed by atoms with Crippen LogP contribution in [0.4, 0.5) is 0 Å². The summed E-state index contributed by atoms with van der Waals surface area (Å²) >= 11 is 6.48. The third-order valence-electron chi connectivity index (χ3n) is 9.35. The molecule has 2 amide bonds. The maximum absolute atomic E-state index is 14.0. The Labute approximate surface area is 261 Å². The summed E-state index contributed by atoms with van der Waals surface area (Å²) in [7, 11) is 1.56. The molecular weight excluding hydrogens is 580 g/mol. The number of rotatable bonds is 9. The largest absolute Gasteiger partial charge is 0.496 e. The van der Waals surface area contributed by atoms with E-state index in [1.54, 1.807) is 25.4 Å². The molecule has 2 saturated heterocycles. The van der Waals surface area contributed by atoms with Gasteiger partial charge in [-0.2, -0.15) is 0 Å². The van der Waals surface area contributed by atoms with E-state index in [-0.39, 0.29) is 17.2 Å². The van der Waals surface area contributed by atoms with Gasteiger partial charge in [0.1, 0.15) is 12.1 Å². The lowest BCUT2D eigenvalue weighted by atomic mass is 9.73. The number of nitrogens with two attached hydrogens (primary N) is 1. The zero-order valence-corrected chi connectivity index (χ0v) is 25.4. The summed E-state index contributed by atoms with van der Waals surface area (Å²) in [4.78, 5) is 35.4. The molecule has 0 saturated carbocycles. The summed E-state index contributed by atoms with van der Waals surface area (Å²) in [5, 5.41) is 12.0. The van der Waals surface area contributed by atoms with Crippen LogP contribution in [0.3, 0.4) is 0 Å². The van der Waals surface area contributed by atoms with Crippen molar-refractivity contribution in [1.82, 2.24) is 35.0 Å². The third-order valence-corrected chi connectivity index (χ3v) is 9.58. The molecule has 2 N–H and O–H groups in total. The number of pyridine rings is 1. The SMILES string of the molecule is COc1ccc(-n2cnnn2)cc1C(=O)N1CCC(CCN2CCC(C(N)=O)(c3ccccn3)CC2)(c2cccc(Cl)c2)C1. The highest BCUT2D eigenvalue weighted by Gasteiger charge is 2.45. The van der Waals surface area contributed by atoms with Crippen LogP contribution in [0.15, 0.2) is 73.2 Å². The van der Waals surface area contributed by atoms with Gasteiger partial charge in [0, 0.05) is 29.7 Å². The van der Waals surface area contributed by atoms with Crippen LogP contribution in [-0.2, 0) is 15.6 Å². The van der Waals surface area contributed by atoms with Gasteiger partial charge in [0.15, 0.2) is 0 Å². The van der Waals surface area contributed by atoms with Gasteiger partial charge in [-0.25, -0.2) is 4.68 Å². The molecule has 4 aromatic rings. The Morgan fingerprint density at radius 3 is 2.55 bits per heavy atom. The number of halogens is 1. The lowest BCUT2D eigenvalue weighted by Gasteiger charge is -2.40. The number of carbonyl (C=O) groups excluding carboxylic acids is 2. The highest BCUT2D eigenvalue weighted by atomic mass is 35.5. The quantitative estimate of drug-likeness (QED) is 0.303. The summed E-state index contributed by atoms with van der Waals surface area (Å²) in [6.45, 7) is 3.40. The fourth-order valence-corrected chi connectivity index (χ4v) is 6.90. The van der Waals surface area contributed by atoms with Crippen LogP contribution in [0.5, 0.6) is 5.75 Å². The van der Waals surface area contributed by atoms with Crippen LogP contribution in [0.2, 0.25) is 5.02 Å². The van der Waals surface area contributed by atoms with Crippen LogP contribution in [0.25, 0.3) is 5.69 Å². The number of carbonyl (C=O) groups is 2. The predicted octanol–water partition coefficient (Wildman–Crippen LogP) is 3.41. The third kappa shape index (κ3) is 5.65. The molecule has 0 spiro atoms. The average Bonchev–Trinajstić information content (AvgIpc) is 3.76. The van der Waals surface area contributed by atoms with E-state index in [2.05, 4.69) is 31.5 Å². The molecule has 2 aliphatic rings. The maximum Gasteiger partial charge on any atom is 0.257 e. The van der Waals surface area contributed by atoms with Gasteiger partial charge in [-0.15, -0.1) is 5.10 Å². The molecule has 0 bridgehead atoms. The Kier molecular flexibility index (Phi) is 8.33. The van der Waals surface area contributed by atoms with Crippen molar-refractivity contribution in [3.8, 4) is 11.4 Å². The summed E-state index contributed by atoms with van der Waals surface area (Å²) in [5.41, 5.74) is 7.88. The normalized spacial score (nSPS) is 20.0. The Hall–Kier alpha value is -4.35. The van der Waals surface area contributed by atoms with Gasteiger partial charge < -0.3 is 20.3 Å². The van der Waals surface area contributed by atoms with E-state index in [1.807, 2.05) is 47.4 Å². The monoisotopic (exact) mass is 614 g/mol. The Morgan fingerprint density at radius 1 is 1.02 bits per heavy atom. The molecule has 6 rings (SSSR count). The van der Waals surface area contributed by atoms with Gasteiger partial charge in [0.05, 0.1) is 29.5 Å². The van der Waals surface area contributed by atoms with Gasteiger partial charge in [-0.1, -0.05) is 29.8 Å². The fraction of sp³-hybridized carbons (Fsp3) is 0.375. The first-order chi connectivity index (χ1) is 21.3. The zero-order chi connectivity index (χ0) is 30.7. The summed E-state index contributed by atoms with van der Waals surface area (Å²) in [6.07, 6.45) is 6.05. The molecule has 0 radical (unpaired) electrons. The van der Waals surface area contributed by atoms with Crippen molar-refractivity contribution in [1.29, 1.82) is 0 Å². The van der Waals surface area contributed by atoms with Gasteiger partial charge >= 0.3 is 0 Å². The number of piperidine rings is 1. The first kappa shape index (κ1) is 29.7. The summed E-state index contributed by atoms with van der Waals surface area (Å²) in [6, 6.07) is 18.9. The standard InChI is InChI=1S/C32H35ClN8O3/c1-44-27-9-8-25(41-22-36-37-38-41)20-26(27)29(42)40-18-11-31(21-40,23-5-4-6-24(33)19-23)10-15-39-16-12-32(13-17-39,30(34)43)28-7-2-3-14-35-28/h2-9,14,19-20,22H,10-13,15-18,21H2,1H3,(H2,34,43). The van der Waals surface area contributed by atoms with Crippen molar-refractivity contribution >= 4 is 23.4 Å². The molecule has 0 aliphatic carbocycles. The highest BCUT2D eigenvalue weighted by molar-refractivity contribution is 6.30. The number of methoxy groups -OCH3 is 1. The van der Waals surface area contributed by atoms with E-state index in [0.29, 0.717) is 48.0 Å². The minimum atomic E-state index is -0.755. The van der Waals surface area contributed by atoms with Crippen molar-refractivity contribution in [2.24, 2.45) is 5.73 Å². The van der Waals surface area contributed by atoms with Gasteiger partial charge in [-0.05, 0) is 104 Å². The second-order valence-electron chi connectivity index (χ2n) is 11.7. The van der Waals surface area contributed by atoms with E-state index in [0.717, 1.165) is 43.7 Å². The molecule has 12 heteroatoms. The highest BCUT2D eigenvalue weighted by Crippen LogP contribution is 2.41. The molecule has 11 nitrogen and oxygen atoms in total. The zero-order valence-electron chi connectivity index (χ0n) is 24.6. The number of likely N-dealkylation sites (tertiary alicyclic amines) is 2. The van der Waals surface area contributed by atoms with Gasteiger partial charge in [0.2, 0.25) is 5.91 Å². The lowest BCUT2D eigenvalue weighted by Crippen LogP contribution is -2.51. The average molecular weight is 615 g/mol. The van der Waals surface area contributed by atoms with Crippen molar-refractivity contribution in [2.45, 2.75) is 36.5 Å². The smallest absolute Gasteiger partial charge is 0.257 e. The number of nitrogens with zero attached hydrogens (tertiary/aromatic N) is 7. The molecule has 228 valence electrons. The minimum absolute atomic E-state index is 0.111. The van der Waals surface area contributed by atoms with Crippen molar-refractivity contribution in [3.63, 3.8) is 0 Å². The van der Waals surface area contributed by atoms with Crippen LogP contribution in [0, 0.1) is 0 Å². The number of aromatic nitrogens is 5. The number of ether oxygens (including phenoxy) is 1. The van der Waals surface area contributed by atoms with E-state index >= 15 is 0 Å². The second-order valence-corrected chi connectivity index (χ2v) is 12.1. The summed E-state index contributed by atoms with van der Waals surface area (Å²) in [5.74, 6) is 0.0577. The van der Waals surface area contributed by atoms with Crippen molar-refractivity contribution in [3.05, 3.63) is 95.0 Å². The molecule has 1 unspecified atom stereocenters. The molecule has 44 heavy (non-hydrogen) atoms. The second kappa shape index (κ2) is 12.3. The fourth-order valence-electron chi connectivity index (χ4n) is 6.71. The number of hydrogen-bond acceptors (Lipinski definition) is 8. The number of hydrogen-bond donors (Lipinski definition) is 1. The first-order valence-electron chi connectivity index (χ1n) is 14.7. The van der Waals surface area contributed by atoms with E-state index < -0.39 is 5.41 Å². The number of benzene rings is 2. The van der Waals surface area contributed by atoms with Crippen molar-refractivity contribution in [2.75, 3.05) is 39.8 Å². The molecule has 2 aromatic carbocycles. The molecule has 2 fully saturated rings. The lowest BCUT2D eigenvalue weighted by molar-refractivity contribution is -0.125. The predicted molar refractivity (Wildman–Crippen MR) is 165 cm³/mol. The minimum Gasteiger partial charge on any atom is -0.496 e. The van der Waals surface area contributed by atoms with Crippen LogP contribution < -0.4 is 10.5 Å². The van der Waals surface area contributed by atoms with E-state index in [9.17, 15) is 9.59 Å².